The van der Waals surface area contributed by atoms with Crippen molar-refractivity contribution in [2.24, 2.45) is 11.8 Å². The highest BCUT2D eigenvalue weighted by molar-refractivity contribution is 5.87. The van der Waals surface area contributed by atoms with Crippen molar-refractivity contribution in [1.82, 2.24) is 0 Å². The first kappa shape index (κ1) is 25.3. The van der Waals surface area contributed by atoms with Gasteiger partial charge < -0.3 is 29.5 Å². The Hall–Kier alpha value is -3.70. The number of hydrogen-bond donors (Lipinski definition) is 3. The Labute approximate surface area is 164 Å². The first-order valence-corrected chi connectivity index (χ1v) is 8.00. The van der Waals surface area contributed by atoms with Gasteiger partial charge in [0.15, 0.2) is 0 Å². The monoisotopic (exact) mass is 416 g/mol. The lowest BCUT2D eigenvalue weighted by atomic mass is 9.87. The maximum absolute atomic E-state index is 11.8. The van der Waals surface area contributed by atoms with E-state index >= 15 is 0 Å². The number of esters is 3. The molecule has 0 saturated heterocycles. The molecule has 12 nitrogen and oxygen atoms in total. The maximum atomic E-state index is 11.8. The van der Waals surface area contributed by atoms with Crippen molar-refractivity contribution in [2.75, 3.05) is 6.61 Å². The molecule has 0 saturated carbocycles. The van der Waals surface area contributed by atoms with E-state index in [4.69, 9.17) is 29.5 Å². The first-order valence-electron chi connectivity index (χ1n) is 8.00. The van der Waals surface area contributed by atoms with E-state index in [0.717, 1.165) is 12.2 Å². The molecule has 12 heteroatoms. The average molecular weight is 416 g/mol. The highest BCUT2D eigenvalue weighted by Gasteiger charge is 2.37. The zero-order chi connectivity index (χ0) is 22.6. The van der Waals surface area contributed by atoms with Crippen LogP contribution in [0.1, 0.15) is 19.3 Å². The van der Waals surface area contributed by atoms with Crippen LogP contribution in [-0.2, 0) is 43.0 Å². The zero-order valence-electron chi connectivity index (χ0n) is 15.1. The highest BCUT2D eigenvalue weighted by Crippen LogP contribution is 2.21. The van der Waals surface area contributed by atoms with Crippen molar-refractivity contribution in [2.45, 2.75) is 25.6 Å². The van der Waals surface area contributed by atoms with Crippen molar-refractivity contribution < 1.29 is 58.3 Å². The number of hydrogen-bond acceptors (Lipinski definition) is 9. The van der Waals surface area contributed by atoms with Gasteiger partial charge in [-0.15, -0.1) is 0 Å². The second-order valence-electron chi connectivity index (χ2n) is 5.41. The number of rotatable bonds is 14. The average Bonchev–Trinajstić information content (AvgIpc) is 2.63. The Kier molecular flexibility index (Phi) is 11.0. The second-order valence-corrected chi connectivity index (χ2v) is 5.41. The predicted octanol–water partition coefficient (Wildman–Crippen LogP) is -0.0294. The Morgan fingerprint density at radius 3 is 1.62 bits per heavy atom. The number of carboxylic acids is 3. The van der Waals surface area contributed by atoms with E-state index in [2.05, 4.69) is 13.2 Å². The van der Waals surface area contributed by atoms with Crippen LogP contribution >= 0.6 is 0 Å². The number of carboxylic acid groups (broad SMARTS) is 3. The van der Waals surface area contributed by atoms with Crippen molar-refractivity contribution in [1.29, 1.82) is 0 Å². The van der Waals surface area contributed by atoms with Gasteiger partial charge in [-0.2, -0.15) is 0 Å². The van der Waals surface area contributed by atoms with E-state index in [1.165, 1.54) is 0 Å². The summed E-state index contributed by atoms with van der Waals surface area (Å²) < 4.78 is 14.2. The van der Waals surface area contributed by atoms with Gasteiger partial charge in [-0.05, 0) is 0 Å². The first-order chi connectivity index (χ1) is 13.5. The van der Waals surface area contributed by atoms with E-state index in [0.29, 0.717) is 0 Å². The molecule has 0 aliphatic carbocycles. The van der Waals surface area contributed by atoms with Gasteiger partial charge in [0, 0.05) is 12.2 Å². The lowest BCUT2D eigenvalue weighted by molar-refractivity contribution is -0.184. The van der Waals surface area contributed by atoms with Crippen LogP contribution in [0.25, 0.3) is 0 Å². The molecule has 2 atom stereocenters. The molecular formula is C17H20O12. The number of aliphatic carboxylic acids is 3. The van der Waals surface area contributed by atoms with Gasteiger partial charge in [-0.25, -0.2) is 9.59 Å². The summed E-state index contributed by atoms with van der Waals surface area (Å²) in [5.74, 6) is -11.6. The van der Waals surface area contributed by atoms with Gasteiger partial charge in [0.05, 0.1) is 37.7 Å². The third-order valence-corrected chi connectivity index (χ3v) is 3.35. The summed E-state index contributed by atoms with van der Waals surface area (Å²) in [7, 11) is 0. The Balaban J connectivity index is 4.90. The van der Waals surface area contributed by atoms with Crippen LogP contribution in [0.4, 0.5) is 0 Å². The largest absolute Gasteiger partial charge is 0.481 e. The minimum atomic E-state index is -1.85. The minimum absolute atomic E-state index is 0.319. The molecule has 0 spiro atoms. The van der Waals surface area contributed by atoms with Gasteiger partial charge in [0.2, 0.25) is 0 Å². The second kappa shape index (κ2) is 12.6. The molecule has 160 valence electrons. The lowest BCUT2D eigenvalue weighted by Crippen LogP contribution is -2.34. The molecule has 0 aromatic carbocycles. The van der Waals surface area contributed by atoms with Gasteiger partial charge in [-0.3, -0.25) is 19.2 Å². The van der Waals surface area contributed by atoms with E-state index in [1.54, 1.807) is 0 Å². The Bertz CT molecular complexity index is 658. The van der Waals surface area contributed by atoms with Gasteiger partial charge in [0.1, 0.15) is 0 Å². The van der Waals surface area contributed by atoms with Crippen LogP contribution in [-0.4, -0.2) is 64.0 Å². The van der Waals surface area contributed by atoms with Gasteiger partial charge >= 0.3 is 35.8 Å². The summed E-state index contributed by atoms with van der Waals surface area (Å²) >= 11 is 0. The van der Waals surface area contributed by atoms with E-state index < -0.39 is 73.4 Å². The fourth-order valence-corrected chi connectivity index (χ4v) is 2.00. The molecule has 0 rings (SSSR count). The van der Waals surface area contributed by atoms with Crippen LogP contribution in [0.5, 0.6) is 0 Å². The quantitative estimate of drug-likeness (QED) is 0.195. The normalized spacial score (nSPS) is 12.2. The number of carbonyl (C=O) groups is 6. The summed E-state index contributed by atoms with van der Waals surface area (Å²) in [5, 5.41) is 26.9. The third-order valence-electron chi connectivity index (χ3n) is 3.35. The van der Waals surface area contributed by atoms with Crippen LogP contribution in [0.15, 0.2) is 25.3 Å². The van der Waals surface area contributed by atoms with Crippen molar-refractivity contribution in [3.8, 4) is 0 Å². The van der Waals surface area contributed by atoms with Crippen LogP contribution < -0.4 is 0 Å². The van der Waals surface area contributed by atoms with Crippen LogP contribution in [0, 0.1) is 11.8 Å². The SMILES string of the molecule is C=CC(=O)OC(CCOC(=O)CC(C(=O)O)C(CC(=O)O)C(=O)O)OC(=O)C=C. The zero-order valence-corrected chi connectivity index (χ0v) is 15.1. The van der Waals surface area contributed by atoms with Gasteiger partial charge in [-0.1, -0.05) is 13.2 Å². The molecular weight excluding hydrogens is 396 g/mol. The van der Waals surface area contributed by atoms with Crippen molar-refractivity contribution in [3.05, 3.63) is 25.3 Å². The van der Waals surface area contributed by atoms with E-state index in [1.807, 2.05) is 0 Å². The van der Waals surface area contributed by atoms with Crippen LogP contribution in [0.3, 0.4) is 0 Å². The summed E-state index contributed by atoms with van der Waals surface area (Å²) in [5.41, 5.74) is 0. The van der Waals surface area contributed by atoms with Gasteiger partial charge in [0.25, 0.3) is 6.29 Å². The molecule has 0 aliphatic heterocycles. The van der Waals surface area contributed by atoms with Crippen molar-refractivity contribution >= 4 is 35.8 Å². The number of ether oxygens (including phenoxy) is 3. The molecule has 2 unspecified atom stereocenters. The lowest BCUT2D eigenvalue weighted by Gasteiger charge is -2.19. The fraction of sp³-hybridized carbons (Fsp3) is 0.412. The third kappa shape index (κ3) is 10.3. The van der Waals surface area contributed by atoms with Crippen LogP contribution in [0.2, 0.25) is 0 Å². The molecule has 29 heavy (non-hydrogen) atoms. The Morgan fingerprint density at radius 1 is 0.793 bits per heavy atom. The summed E-state index contributed by atoms with van der Waals surface area (Å²) in [6.45, 7) is 5.83. The summed E-state index contributed by atoms with van der Waals surface area (Å²) in [4.78, 5) is 67.4. The molecule has 0 fully saturated rings. The molecule has 0 radical (unpaired) electrons. The summed E-state index contributed by atoms with van der Waals surface area (Å²) in [6.07, 6.45) is -2.09. The van der Waals surface area contributed by atoms with E-state index in [-0.39, 0.29) is 6.42 Å². The molecule has 0 heterocycles. The fourth-order valence-electron chi connectivity index (χ4n) is 2.00. The standard InChI is InChI=1S/C17H20O12/c1-3-12(20)28-15(29-13(21)4-2)5-6-27-14(22)8-10(17(25)26)9(16(23)24)7-11(18)19/h3-4,9-10,15H,1-2,5-8H2,(H,18,19)(H,23,24)(H,25,26). The molecule has 3 N–H and O–H groups in total. The molecule has 0 aromatic rings. The van der Waals surface area contributed by atoms with E-state index in [9.17, 15) is 28.8 Å². The maximum Gasteiger partial charge on any atom is 0.333 e. The smallest absolute Gasteiger partial charge is 0.333 e. The molecule has 0 aliphatic rings. The summed E-state index contributed by atoms with van der Waals surface area (Å²) in [6, 6.07) is 0. The number of carbonyl (C=O) groups excluding carboxylic acids is 3. The van der Waals surface area contributed by atoms with Crippen molar-refractivity contribution in [3.63, 3.8) is 0 Å². The predicted molar refractivity (Wildman–Crippen MR) is 91.1 cm³/mol. The molecule has 0 amide bonds. The molecule has 0 bridgehead atoms. The topological polar surface area (TPSA) is 191 Å². The Morgan fingerprint density at radius 2 is 1.24 bits per heavy atom. The highest BCUT2D eigenvalue weighted by atomic mass is 16.7. The minimum Gasteiger partial charge on any atom is -0.481 e. The molecule has 0 aromatic heterocycles.